The van der Waals surface area contributed by atoms with E-state index >= 15 is 0 Å². The average Bonchev–Trinajstić information content (AvgIpc) is 3.41. The van der Waals surface area contributed by atoms with Gasteiger partial charge in [-0.05, 0) is 55.5 Å². The van der Waals surface area contributed by atoms with E-state index in [2.05, 4.69) is 5.32 Å². The normalized spacial score (nSPS) is 16.7. The zero-order valence-corrected chi connectivity index (χ0v) is 18.0. The molecule has 3 aromatic rings. The standard InChI is InChI=1S/C21H25N3O3S2/c1-16(21(25)22-15-18-6-5-13-28-18)24-12-9-17-14-19(7-8-20(17)24)29(26,27)23-10-3-2-4-11-23/h5-9,12-14,16H,2-4,10-11,15H2,1H3,(H,22,25)/t16-/m1/s1. The molecule has 1 amide bonds. The number of piperidine rings is 1. The predicted molar refractivity (Wildman–Crippen MR) is 115 cm³/mol. The van der Waals surface area contributed by atoms with Gasteiger partial charge in [0, 0.05) is 35.1 Å². The molecule has 4 rings (SSSR count). The second-order valence-corrected chi connectivity index (χ2v) is 10.4. The lowest BCUT2D eigenvalue weighted by Gasteiger charge is -2.26. The Kier molecular flexibility index (Phi) is 5.76. The van der Waals surface area contributed by atoms with Gasteiger partial charge in [-0.1, -0.05) is 12.5 Å². The summed E-state index contributed by atoms with van der Waals surface area (Å²) in [5.74, 6) is -0.0686. The van der Waals surface area contributed by atoms with Crippen LogP contribution in [0.1, 0.15) is 37.1 Å². The number of hydrogen-bond donors (Lipinski definition) is 1. The van der Waals surface area contributed by atoms with E-state index in [-0.39, 0.29) is 5.91 Å². The van der Waals surface area contributed by atoms with Crippen LogP contribution in [0.25, 0.3) is 10.9 Å². The lowest BCUT2D eigenvalue weighted by atomic mass is 10.2. The molecule has 0 radical (unpaired) electrons. The molecule has 3 heterocycles. The first kappa shape index (κ1) is 20.1. The van der Waals surface area contributed by atoms with E-state index in [0.29, 0.717) is 24.5 Å². The van der Waals surface area contributed by atoms with Crippen molar-refractivity contribution >= 4 is 38.2 Å². The van der Waals surface area contributed by atoms with E-state index in [0.717, 1.165) is 35.0 Å². The first-order valence-electron chi connectivity index (χ1n) is 9.87. The van der Waals surface area contributed by atoms with Crippen LogP contribution < -0.4 is 5.32 Å². The number of aromatic nitrogens is 1. The molecule has 0 bridgehead atoms. The van der Waals surface area contributed by atoms with Crippen LogP contribution in [0.3, 0.4) is 0 Å². The largest absolute Gasteiger partial charge is 0.349 e. The lowest BCUT2D eigenvalue weighted by Crippen LogP contribution is -2.35. The van der Waals surface area contributed by atoms with Crippen LogP contribution in [0.15, 0.2) is 52.9 Å². The number of nitrogens with one attached hydrogen (secondary N) is 1. The first-order chi connectivity index (χ1) is 14.0. The third-order valence-corrected chi connectivity index (χ3v) is 8.23. The molecule has 1 aliphatic rings. The number of rotatable bonds is 6. The Bertz CT molecular complexity index is 1100. The van der Waals surface area contributed by atoms with E-state index in [1.54, 1.807) is 33.8 Å². The maximum atomic E-state index is 12.9. The van der Waals surface area contributed by atoms with Crippen LogP contribution >= 0.6 is 11.3 Å². The van der Waals surface area contributed by atoms with E-state index in [4.69, 9.17) is 0 Å². The summed E-state index contributed by atoms with van der Waals surface area (Å²) in [5, 5.41) is 5.77. The van der Waals surface area contributed by atoms with Gasteiger partial charge in [0.1, 0.15) is 6.04 Å². The van der Waals surface area contributed by atoms with Gasteiger partial charge >= 0.3 is 0 Å². The first-order valence-corrected chi connectivity index (χ1v) is 12.2. The second-order valence-electron chi connectivity index (χ2n) is 7.38. The number of sulfonamides is 1. The summed E-state index contributed by atoms with van der Waals surface area (Å²) >= 11 is 1.61. The molecule has 1 fully saturated rings. The van der Waals surface area contributed by atoms with Gasteiger partial charge in [0.05, 0.1) is 11.4 Å². The number of nitrogens with zero attached hydrogens (tertiary/aromatic N) is 2. The van der Waals surface area contributed by atoms with Crippen LogP contribution in [0.5, 0.6) is 0 Å². The van der Waals surface area contributed by atoms with Crippen LogP contribution in [0.4, 0.5) is 0 Å². The van der Waals surface area contributed by atoms with Crippen molar-refractivity contribution in [3.05, 3.63) is 52.9 Å². The molecule has 0 spiro atoms. The monoisotopic (exact) mass is 431 g/mol. The zero-order valence-electron chi connectivity index (χ0n) is 16.4. The molecule has 6 nitrogen and oxygen atoms in total. The topological polar surface area (TPSA) is 71.4 Å². The molecule has 154 valence electrons. The Balaban J connectivity index is 1.54. The molecule has 29 heavy (non-hydrogen) atoms. The van der Waals surface area contributed by atoms with Crippen molar-refractivity contribution in [2.75, 3.05) is 13.1 Å². The van der Waals surface area contributed by atoms with Gasteiger partial charge in [-0.15, -0.1) is 11.3 Å². The summed E-state index contributed by atoms with van der Waals surface area (Å²) in [6.07, 6.45) is 4.75. The summed E-state index contributed by atoms with van der Waals surface area (Å²) in [5.41, 5.74) is 0.848. The Morgan fingerprint density at radius 1 is 1.17 bits per heavy atom. The quantitative estimate of drug-likeness (QED) is 0.646. The molecule has 0 aliphatic carbocycles. The smallest absolute Gasteiger partial charge is 0.243 e. The molecular formula is C21H25N3O3S2. The number of amides is 1. The summed E-state index contributed by atoms with van der Waals surface area (Å²) in [6, 6.07) is 10.6. The molecule has 1 aliphatic heterocycles. The highest BCUT2D eigenvalue weighted by atomic mass is 32.2. The van der Waals surface area contributed by atoms with Crippen molar-refractivity contribution in [1.29, 1.82) is 0 Å². The van der Waals surface area contributed by atoms with Gasteiger partial charge in [0.25, 0.3) is 0 Å². The maximum Gasteiger partial charge on any atom is 0.243 e. The molecule has 1 saturated heterocycles. The van der Waals surface area contributed by atoms with Crippen molar-refractivity contribution < 1.29 is 13.2 Å². The van der Waals surface area contributed by atoms with Gasteiger partial charge in [-0.2, -0.15) is 4.31 Å². The fourth-order valence-corrected chi connectivity index (χ4v) is 5.95. The number of carbonyl (C=O) groups is 1. The fraction of sp³-hybridized carbons (Fsp3) is 0.381. The second kappa shape index (κ2) is 8.30. The van der Waals surface area contributed by atoms with Crippen LogP contribution in [-0.2, 0) is 21.4 Å². The van der Waals surface area contributed by atoms with E-state index in [1.165, 1.54) is 0 Å². The minimum absolute atomic E-state index is 0.0686. The van der Waals surface area contributed by atoms with Gasteiger partial charge < -0.3 is 9.88 Å². The van der Waals surface area contributed by atoms with Crippen molar-refractivity contribution in [3.63, 3.8) is 0 Å². The van der Waals surface area contributed by atoms with Crippen molar-refractivity contribution in [2.45, 2.75) is 43.7 Å². The van der Waals surface area contributed by atoms with Crippen LogP contribution in [0, 0.1) is 0 Å². The van der Waals surface area contributed by atoms with Crippen LogP contribution in [-0.4, -0.2) is 36.3 Å². The number of carbonyl (C=O) groups excluding carboxylic acids is 1. The summed E-state index contributed by atoms with van der Waals surface area (Å²) in [4.78, 5) is 14.0. The predicted octanol–water partition coefficient (Wildman–Crippen LogP) is 3.75. The number of benzene rings is 1. The van der Waals surface area contributed by atoms with Crippen LogP contribution in [0.2, 0.25) is 0 Å². The lowest BCUT2D eigenvalue weighted by molar-refractivity contribution is -0.123. The van der Waals surface area contributed by atoms with Crippen molar-refractivity contribution in [2.24, 2.45) is 0 Å². The maximum absolute atomic E-state index is 12.9. The molecule has 0 saturated carbocycles. The number of thiophene rings is 1. The Morgan fingerprint density at radius 2 is 1.97 bits per heavy atom. The molecule has 1 aromatic carbocycles. The molecule has 1 N–H and O–H groups in total. The highest BCUT2D eigenvalue weighted by Gasteiger charge is 2.26. The highest BCUT2D eigenvalue weighted by molar-refractivity contribution is 7.89. The molecule has 8 heteroatoms. The molecule has 2 aromatic heterocycles. The van der Waals surface area contributed by atoms with Gasteiger partial charge in [0.2, 0.25) is 15.9 Å². The van der Waals surface area contributed by atoms with E-state index in [9.17, 15) is 13.2 Å². The highest BCUT2D eigenvalue weighted by Crippen LogP contribution is 2.26. The van der Waals surface area contributed by atoms with Crippen molar-refractivity contribution in [3.8, 4) is 0 Å². The minimum Gasteiger partial charge on any atom is -0.349 e. The third kappa shape index (κ3) is 4.10. The van der Waals surface area contributed by atoms with Gasteiger partial charge in [0.15, 0.2) is 0 Å². The summed E-state index contributed by atoms with van der Waals surface area (Å²) in [6.45, 7) is 3.53. The molecule has 1 atom stereocenters. The van der Waals surface area contributed by atoms with Gasteiger partial charge in [-0.25, -0.2) is 8.42 Å². The van der Waals surface area contributed by atoms with E-state index in [1.807, 2.05) is 41.3 Å². The fourth-order valence-electron chi connectivity index (χ4n) is 3.76. The molecular weight excluding hydrogens is 406 g/mol. The SMILES string of the molecule is C[C@H](C(=O)NCc1cccs1)n1ccc2cc(S(=O)(=O)N3CCCCC3)ccc21. The Morgan fingerprint density at radius 3 is 2.69 bits per heavy atom. The summed E-state index contributed by atoms with van der Waals surface area (Å²) < 4.78 is 29.3. The minimum atomic E-state index is -3.47. The van der Waals surface area contributed by atoms with E-state index < -0.39 is 16.1 Å². The third-order valence-electron chi connectivity index (χ3n) is 5.46. The average molecular weight is 432 g/mol. The van der Waals surface area contributed by atoms with Crippen molar-refractivity contribution in [1.82, 2.24) is 14.2 Å². The summed E-state index contributed by atoms with van der Waals surface area (Å²) in [7, 11) is -3.47. The number of fused-ring (bicyclic) bond motifs is 1. The molecule has 0 unspecified atom stereocenters. The van der Waals surface area contributed by atoms with Gasteiger partial charge in [-0.3, -0.25) is 4.79 Å². The zero-order chi connectivity index (χ0) is 20.4. The Labute approximate surface area is 175 Å². The number of hydrogen-bond acceptors (Lipinski definition) is 4. The Hall–Kier alpha value is -2.16.